The summed E-state index contributed by atoms with van der Waals surface area (Å²) in [6.07, 6.45) is 1.55. The number of hydrogen-bond acceptors (Lipinski definition) is 3. The van der Waals surface area contributed by atoms with Crippen molar-refractivity contribution in [1.29, 1.82) is 0 Å². The molecule has 0 bridgehead atoms. The molecule has 0 aliphatic heterocycles. The lowest BCUT2D eigenvalue weighted by Crippen LogP contribution is -2.03. The van der Waals surface area contributed by atoms with Crippen molar-refractivity contribution in [2.75, 3.05) is 7.11 Å². The first-order valence-corrected chi connectivity index (χ1v) is 6.23. The molecular weight excluding hydrogens is 238 g/mol. The molecule has 98 valence electrons. The van der Waals surface area contributed by atoms with Gasteiger partial charge in [-0.3, -0.25) is 0 Å². The van der Waals surface area contributed by atoms with Gasteiger partial charge in [-0.05, 0) is 48.2 Å². The van der Waals surface area contributed by atoms with Gasteiger partial charge in [0.1, 0.15) is 5.75 Å². The van der Waals surface area contributed by atoms with Gasteiger partial charge in [0, 0.05) is 0 Å². The van der Waals surface area contributed by atoms with E-state index < -0.39 is 0 Å². The Balaban J connectivity index is 2.04. The molecule has 0 spiro atoms. The van der Waals surface area contributed by atoms with Crippen LogP contribution in [0, 0.1) is 0 Å². The van der Waals surface area contributed by atoms with Crippen molar-refractivity contribution in [3.8, 4) is 5.75 Å². The third-order valence-corrected chi connectivity index (χ3v) is 3.04. The maximum absolute atomic E-state index is 9.14. The van der Waals surface area contributed by atoms with E-state index in [9.17, 15) is 0 Å². The molecule has 2 aromatic rings. The number of oxime groups is 1. The van der Waals surface area contributed by atoms with E-state index >= 15 is 0 Å². The van der Waals surface area contributed by atoms with Crippen LogP contribution >= 0.6 is 0 Å². The molecule has 0 amide bonds. The Labute approximate surface area is 113 Å². The average Bonchev–Trinajstić information content (AvgIpc) is 2.49. The van der Waals surface area contributed by atoms with E-state index in [4.69, 9.17) is 9.94 Å². The molecule has 0 saturated carbocycles. The normalized spacial score (nSPS) is 11.3. The van der Waals surface area contributed by atoms with Crippen molar-refractivity contribution in [2.45, 2.75) is 12.8 Å². The van der Waals surface area contributed by atoms with Gasteiger partial charge in [-0.15, -0.1) is 0 Å². The largest absolute Gasteiger partial charge is 0.497 e. The van der Waals surface area contributed by atoms with E-state index in [2.05, 4.69) is 17.3 Å². The summed E-state index contributed by atoms with van der Waals surface area (Å²) >= 11 is 0. The highest BCUT2D eigenvalue weighted by molar-refractivity contribution is 6.00. The molecule has 0 unspecified atom stereocenters. The topological polar surface area (TPSA) is 41.8 Å². The predicted molar refractivity (Wildman–Crippen MR) is 76.1 cm³/mol. The third-order valence-electron chi connectivity index (χ3n) is 3.04. The minimum Gasteiger partial charge on any atom is -0.497 e. The van der Waals surface area contributed by atoms with Gasteiger partial charge in [0.25, 0.3) is 0 Å². The molecule has 0 saturated heterocycles. The molecule has 0 fully saturated rings. The summed E-state index contributed by atoms with van der Waals surface area (Å²) in [5.41, 5.74) is 2.84. The summed E-state index contributed by atoms with van der Waals surface area (Å²) in [6, 6.07) is 17.7. The zero-order chi connectivity index (χ0) is 13.5. The van der Waals surface area contributed by atoms with Crippen LogP contribution in [0.15, 0.2) is 59.8 Å². The molecule has 0 aliphatic carbocycles. The second-order valence-electron chi connectivity index (χ2n) is 4.26. The van der Waals surface area contributed by atoms with Crippen LogP contribution in [0.1, 0.15) is 17.5 Å². The molecule has 1 N–H and O–H groups in total. The first-order valence-electron chi connectivity index (χ1n) is 6.23. The molecule has 2 aromatic carbocycles. The summed E-state index contributed by atoms with van der Waals surface area (Å²) in [7, 11) is 1.63. The molecule has 0 heterocycles. The minimum absolute atomic E-state index is 0.687. The minimum atomic E-state index is 0.687. The van der Waals surface area contributed by atoms with Crippen molar-refractivity contribution in [1.82, 2.24) is 0 Å². The molecule has 3 nitrogen and oxygen atoms in total. The highest BCUT2D eigenvalue weighted by atomic mass is 16.5. The zero-order valence-corrected chi connectivity index (χ0v) is 10.9. The van der Waals surface area contributed by atoms with Crippen molar-refractivity contribution in [3.05, 3.63) is 65.7 Å². The summed E-state index contributed by atoms with van der Waals surface area (Å²) in [5.74, 6) is 0.795. The van der Waals surface area contributed by atoms with Crippen LogP contribution in [-0.2, 0) is 6.42 Å². The maximum atomic E-state index is 9.14. The van der Waals surface area contributed by atoms with E-state index in [0.717, 1.165) is 17.7 Å². The number of rotatable bonds is 5. The van der Waals surface area contributed by atoms with Crippen molar-refractivity contribution >= 4 is 5.71 Å². The zero-order valence-electron chi connectivity index (χ0n) is 10.9. The molecule has 19 heavy (non-hydrogen) atoms. The Hall–Kier alpha value is -2.29. The van der Waals surface area contributed by atoms with E-state index in [1.807, 2.05) is 42.5 Å². The second-order valence-corrected chi connectivity index (χ2v) is 4.26. The van der Waals surface area contributed by atoms with Gasteiger partial charge >= 0.3 is 0 Å². The lowest BCUT2D eigenvalue weighted by molar-refractivity contribution is 0.318. The van der Waals surface area contributed by atoms with Gasteiger partial charge in [-0.2, -0.15) is 0 Å². The number of methoxy groups -OCH3 is 1. The van der Waals surface area contributed by atoms with Crippen molar-refractivity contribution < 1.29 is 9.94 Å². The fourth-order valence-corrected chi connectivity index (χ4v) is 1.94. The fraction of sp³-hybridized carbons (Fsp3) is 0.188. The van der Waals surface area contributed by atoms with Gasteiger partial charge in [-0.25, -0.2) is 0 Å². The number of ether oxygens (including phenoxy) is 1. The van der Waals surface area contributed by atoms with E-state index in [0.29, 0.717) is 12.1 Å². The SMILES string of the molecule is COc1ccc(/C(CCc2ccccc2)=N/O)cc1. The number of hydrogen-bond donors (Lipinski definition) is 1. The Bertz CT molecular complexity index is 532. The number of benzene rings is 2. The maximum Gasteiger partial charge on any atom is 0.118 e. The van der Waals surface area contributed by atoms with Crippen LogP contribution in [0.5, 0.6) is 5.75 Å². The Kier molecular flexibility index (Phi) is 4.56. The summed E-state index contributed by atoms with van der Waals surface area (Å²) < 4.78 is 5.11. The fourth-order valence-electron chi connectivity index (χ4n) is 1.94. The van der Waals surface area contributed by atoms with Crippen molar-refractivity contribution in [2.24, 2.45) is 5.16 Å². The molecule has 2 rings (SSSR count). The van der Waals surface area contributed by atoms with Gasteiger partial charge in [-0.1, -0.05) is 35.5 Å². The van der Waals surface area contributed by atoms with Crippen LogP contribution in [0.4, 0.5) is 0 Å². The van der Waals surface area contributed by atoms with Crippen LogP contribution in [-0.4, -0.2) is 18.0 Å². The van der Waals surface area contributed by atoms with Gasteiger partial charge < -0.3 is 9.94 Å². The molecule has 3 heteroatoms. The lowest BCUT2D eigenvalue weighted by Gasteiger charge is -2.06. The van der Waals surface area contributed by atoms with E-state index in [1.54, 1.807) is 7.11 Å². The highest BCUT2D eigenvalue weighted by Gasteiger charge is 2.05. The van der Waals surface area contributed by atoms with Gasteiger partial charge in [0.15, 0.2) is 0 Å². The van der Waals surface area contributed by atoms with Gasteiger partial charge in [0.05, 0.1) is 12.8 Å². The standard InChI is InChI=1S/C16H17NO2/c1-19-15-10-8-14(9-11-15)16(17-18)12-7-13-5-3-2-4-6-13/h2-6,8-11,18H,7,12H2,1H3/b17-16+. The molecule has 0 aliphatic rings. The summed E-state index contributed by atoms with van der Waals surface area (Å²) in [5, 5.41) is 12.5. The number of aryl methyl sites for hydroxylation is 1. The molecule has 0 aromatic heterocycles. The monoisotopic (exact) mass is 255 g/mol. The van der Waals surface area contributed by atoms with Crippen LogP contribution in [0.2, 0.25) is 0 Å². The molecule has 0 radical (unpaired) electrons. The summed E-state index contributed by atoms with van der Waals surface area (Å²) in [6.45, 7) is 0. The second kappa shape index (κ2) is 6.59. The smallest absolute Gasteiger partial charge is 0.118 e. The van der Waals surface area contributed by atoms with Crippen molar-refractivity contribution in [3.63, 3.8) is 0 Å². The highest BCUT2D eigenvalue weighted by Crippen LogP contribution is 2.14. The Morgan fingerprint density at radius 2 is 1.74 bits per heavy atom. The first kappa shape index (κ1) is 13.1. The lowest BCUT2D eigenvalue weighted by atomic mass is 10.0. The first-order chi connectivity index (χ1) is 9.33. The third kappa shape index (κ3) is 3.58. The van der Waals surface area contributed by atoms with Gasteiger partial charge in [0.2, 0.25) is 0 Å². The molecule has 0 atom stereocenters. The average molecular weight is 255 g/mol. The van der Waals surface area contributed by atoms with E-state index in [-0.39, 0.29) is 0 Å². The van der Waals surface area contributed by atoms with Crippen LogP contribution in [0.3, 0.4) is 0 Å². The quantitative estimate of drug-likeness (QED) is 0.504. The molecular formula is C16H17NO2. The predicted octanol–water partition coefficient (Wildman–Crippen LogP) is 3.51. The van der Waals surface area contributed by atoms with Crippen LogP contribution < -0.4 is 4.74 Å². The van der Waals surface area contributed by atoms with E-state index in [1.165, 1.54) is 5.56 Å². The number of nitrogens with zero attached hydrogens (tertiary/aromatic N) is 1. The Morgan fingerprint density at radius 1 is 1.05 bits per heavy atom. The summed E-state index contributed by atoms with van der Waals surface area (Å²) in [4.78, 5) is 0. The van der Waals surface area contributed by atoms with Crippen LogP contribution in [0.25, 0.3) is 0 Å². The Morgan fingerprint density at radius 3 is 2.32 bits per heavy atom.